The maximum atomic E-state index is 13.0. The van der Waals surface area contributed by atoms with Crippen LogP contribution in [0.3, 0.4) is 0 Å². The Labute approximate surface area is 111 Å². The van der Waals surface area contributed by atoms with E-state index in [9.17, 15) is 18.0 Å². The van der Waals surface area contributed by atoms with Gasteiger partial charge >= 0.3 is 6.18 Å². The van der Waals surface area contributed by atoms with Crippen molar-refractivity contribution < 1.29 is 23.1 Å². The Hall–Kier alpha value is -2.28. The first-order valence-electron chi connectivity index (χ1n) is 5.56. The number of nitrogens with zero attached hydrogens (tertiary/aromatic N) is 2. The molecule has 1 N–H and O–H groups in total. The van der Waals surface area contributed by atoms with Gasteiger partial charge in [-0.3, -0.25) is 4.79 Å². The Morgan fingerprint density at radius 3 is 2.40 bits per heavy atom. The van der Waals surface area contributed by atoms with E-state index in [2.05, 4.69) is 9.97 Å². The fourth-order valence-electron chi connectivity index (χ4n) is 1.68. The van der Waals surface area contributed by atoms with Crippen LogP contribution in [0.2, 0.25) is 0 Å². The molecule has 1 aromatic carbocycles. The van der Waals surface area contributed by atoms with Gasteiger partial charge in [-0.05, 0) is 18.2 Å². The summed E-state index contributed by atoms with van der Waals surface area (Å²) in [4.78, 5) is 18.9. The molecule has 4 nitrogen and oxygen atoms in total. The van der Waals surface area contributed by atoms with E-state index in [-0.39, 0.29) is 17.0 Å². The number of carbonyl (C=O) groups is 1. The number of carbonyl (C=O) groups excluding carboxylic acids is 1. The van der Waals surface area contributed by atoms with E-state index < -0.39 is 24.1 Å². The number of benzene rings is 1. The fraction of sp³-hybridized carbons (Fsp3) is 0.154. The molecule has 0 radical (unpaired) electrons. The molecule has 1 heterocycles. The van der Waals surface area contributed by atoms with Crippen LogP contribution >= 0.6 is 0 Å². The van der Waals surface area contributed by atoms with Gasteiger partial charge < -0.3 is 5.11 Å². The van der Waals surface area contributed by atoms with Gasteiger partial charge in [-0.2, -0.15) is 13.2 Å². The number of hydrogen-bond donors (Lipinski definition) is 1. The standard InChI is InChI=1S/C13H9F3N2O2/c14-13(15,16)10-3-2-8(11(20)7-19)6-9(10)12-17-4-1-5-18-12/h1-6,19H,7H2. The minimum atomic E-state index is -4.59. The summed E-state index contributed by atoms with van der Waals surface area (Å²) in [6.07, 6.45) is -1.97. The maximum Gasteiger partial charge on any atom is 0.417 e. The van der Waals surface area contributed by atoms with Gasteiger partial charge in [0.25, 0.3) is 0 Å². The number of hydrogen-bond acceptors (Lipinski definition) is 4. The second-order valence-electron chi connectivity index (χ2n) is 3.91. The molecule has 0 amide bonds. The van der Waals surface area contributed by atoms with Crippen molar-refractivity contribution in [3.63, 3.8) is 0 Å². The van der Waals surface area contributed by atoms with E-state index in [4.69, 9.17) is 5.11 Å². The highest BCUT2D eigenvalue weighted by Crippen LogP contribution is 2.36. The molecule has 104 valence electrons. The first-order chi connectivity index (χ1) is 9.43. The Kier molecular flexibility index (Phi) is 3.80. The van der Waals surface area contributed by atoms with Crippen molar-refractivity contribution in [2.45, 2.75) is 6.18 Å². The van der Waals surface area contributed by atoms with Crippen molar-refractivity contribution in [3.8, 4) is 11.4 Å². The molecule has 0 aliphatic carbocycles. The average molecular weight is 282 g/mol. The normalized spacial score (nSPS) is 11.4. The monoisotopic (exact) mass is 282 g/mol. The van der Waals surface area contributed by atoms with E-state index in [1.807, 2.05) is 0 Å². The van der Waals surface area contributed by atoms with Gasteiger partial charge in [0.2, 0.25) is 0 Å². The van der Waals surface area contributed by atoms with Crippen LogP contribution in [0.25, 0.3) is 11.4 Å². The van der Waals surface area contributed by atoms with Gasteiger partial charge in [-0.25, -0.2) is 9.97 Å². The first kappa shape index (κ1) is 14.1. The number of ketones is 1. The highest BCUT2D eigenvalue weighted by atomic mass is 19.4. The molecule has 0 fully saturated rings. The topological polar surface area (TPSA) is 63.1 Å². The Morgan fingerprint density at radius 2 is 1.85 bits per heavy atom. The summed E-state index contributed by atoms with van der Waals surface area (Å²) in [7, 11) is 0. The lowest BCUT2D eigenvalue weighted by molar-refractivity contribution is -0.137. The Balaban J connectivity index is 2.64. The summed E-state index contributed by atoms with van der Waals surface area (Å²) in [6.45, 7) is -0.777. The van der Waals surface area contributed by atoms with E-state index in [1.165, 1.54) is 18.5 Å². The molecule has 0 saturated carbocycles. The maximum absolute atomic E-state index is 13.0. The second kappa shape index (κ2) is 5.38. The molecule has 0 aliphatic heterocycles. The van der Waals surface area contributed by atoms with E-state index in [1.54, 1.807) is 0 Å². The van der Waals surface area contributed by atoms with Crippen LogP contribution in [0.1, 0.15) is 15.9 Å². The highest BCUT2D eigenvalue weighted by Gasteiger charge is 2.34. The highest BCUT2D eigenvalue weighted by molar-refractivity contribution is 5.98. The van der Waals surface area contributed by atoms with Crippen LogP contribution in [-0.4, -0.2) is 27.5 Å². The van der Waals surface area contributed by atoms with Crippen molar-refractivity contribution in [2.75, 3.05) is 6.61 Å². The summed E-state index contributed by atoms with van der Waals surface area (Å²) < 4.78 is 38.9. The number of aliphatic hydroxyl groups excluding tert-OH is 1. The predicted octanol–water partition coefficient (Wildman–Crippen LogP) is 2.34. The summed E-state index contributed by atoms with van der Waals surface area (Å²) in [5.74, 6) is -0.802. The zero-order valence-electron chi connectivity index (χ0n) is 10.1. The van der Waals surface area contributed by atoms with Crippen LogP contribution in [0.5, 0.6) is 0 Å². The molecular formula is C13H9F3N2O2. The average Bonchev–Trinajstić information content (AvgIpc) is 2.45. The van der Waals surface area contributed by atoms with Gasteiger partial charge in [-0.15, -0.1) is 0 Å². The van der Waals surface area contributed by atoms with E-state index >= 15 is 0 Å². The smallest absolute Gasteiger partial charge is 0.388 e. The quantitative estimate of drug-likeness (QED) is 0.878. The molecule has 2 rings (SSSR count). The molecule has 7 heteroatoms. The Morgan fingerprint density at radius 1 is 1.20 bits per heavy atom. The largest absolute Gasteiger partial charge is 0.417 e. The SMILES string of the molecule is O=C(CO)c1ccc(C(F)(F)F)c(-c2ncccn2)c1. The molecule has 2 aromatic rings. The van der Waals surface area contributed by atoms with Crippen molar-refractivity contribution >= 4 is 5.78 Å². The number of Topliss-reactive ketones (excluding diaryl/α,β-unsaturated/α-hetero) is 1. The lowest BCUT2D eigenvalue weighted by Crippen LogP contribution is -2.11. The Bertz CT molecular complexity index is 627. The predicted molar refractivity (Wildman–Crippen MR) is 63.9 cm³/mol. The molecule has 20 heavy (non-hydrogen) atoms. The number of aromatic nitrogens is 2. The summed E-state index contributed by atoms with van der Waals surface area (Å²) in [6, 6.07) is 4.32. The van der Waals surface area contributed by atoms with Crippen molar-refractivity contribution in [1.82, 2.24) is 9.97 Å². The van der Waals surface area contributed by atoms with E-state index in [0.717, 1.165) is 18.2 Å². The van der Waals surface area contributed by atoms with Crippen LogP contribution < -0.4 is 0 Å². The molecule has 0 atom stereocenters. The van der Waals surface area contributed by atoms with Gasteiger partial charge in [0.15, 0.2) is 11.6 Å². The number of halogens is 3. The zero-order chi connectivity index (χ0) is 14.8. The summed E-state index contributed by atoms with van der Waals surface area (Å²) >= 11 is 0. The molecule has 0 unspecified atom stereocenters. The van der Waals surface area contributed by atoms with Crippen LogP contribution in [0, 0.1) is 0 Å². The fourth-order valence-corrected chi connectivity index (χ4v) is 1.68. The third-order valence-electron chi connectivity index (χ3n) is 2.60. The third kappa shape index (κ3) is 2.83. The number of alkyl halides is 3. The summed E-state index contributed by atoms with van der Waals surface area (Å²) in [5, 5.41) is 8.78. The number of rotatable bonds is 3. The molecule has 0 aliphatic rings. The molecule has 0 bridgehead atoms. The second-order valence-corrected chi connectivity index (χ2v) is 3.91. The minimum absolute atomic E-state index is 0.0250. The van der Waals surface area contributed by atoms with Crippen molar-refractivity contribution in [2.24, 2.45) is 0 Å². The molecular weight excluding hydrogens is 273 g/mol. The van der Waals surface area contributed by atoms with Crippen molar-refractivity contribution in [1.29, 1.82) is 0 Å². The minimum Gasteiger partial charge on any atom is -0.388 e. The molecule has 0 spiro atoms. The van der Waals surface area contributed by atoms with Gasteiger partial charge in [0.1, 0.15) is 6.61 Å². The molecule has 0 saturated heterocycles. The lowest BCUT2D eigenvalue weighted by Gasteiger charge is -2.12. The summed E-state index contributed by atoms with van der Waals surface area (Å²) in [5.41, 5.74) is -1.25. The number of aliphatic hydroxyl groups is 1. The molecule has 1 aromatic heterocycles. The van der Waals surface area contributed by atoms with Crippen molar-refractivity contribution in [3.05, 3.63) is 47.8 Å². The van der Waals surface area contributed by atoms with Gasteiger partial charge in [0.05, 0.1) is 5.56 Å². The zero-order valence-corrected chi connectivity index (χ0v) is 10.1. The van der Waals surface area contributed by atoms with Crippen LogP contribution in [0.15, 0.2) is 36.7 Å². The first-order valence-corrected chi connectivity index (χ1v) is 5.56. The third-order valence-corrected chi connectivity index (χ3v) is 2.60. The van der Waals surface area contributed by atoms with Crippen LogP contribution in [0.4, 0.5) is 13.2 Å². The van der Waals surface area contributed by atoms with E-state index in [0.29, 0.717) is 0 Å². The van der Waals surface area contributed by atoms with Crippen LogP contribution in [-0.2, 0) is 6.18 Å². The van der Waals surface area contributed by atoms with Gasteiger partial charge in [0, 0.05) is 23.5 Å². The van der Waals surface area contributed by atoms with Gasteiger partial charge in [-0.1, -0.05) is 6.07 Å². The lowest BCUT2D eigenvalue weighted by atomic mass is 10.0.